The van der Waals surface area contributed by atoms with Gasteiger partial charge in [0.15, 0.2) is 11.5 Å². The Morgan fingerprint density at radius 2 is 1.71 bits per heavy atom. The fraction of sp³-hybridized carbons (Fsp3) is 0.233. The molecule has 0 aliphatic carbocycles. The van der Waals surface area contributed by atoms with Gasteiger partial charge in [-0.15, -0.1) is 0 Å². The predicted molar refractivity (Wildman–Crippen MR) is 156 cm³/mol. The second-order valence-electron chi connectivity index (χ2n) is 8.95. The molecule has 5 aromatic rings. The standard InChI is InChI=1S/C28H26ClN7.C2H6/c29-21-4-1-3-20(17-21)24-10-11-25-28(33-24)36(27(34-25)23-5-2-12-32-26(23)30)22-8-6-19(7-9-22)18-35-15-13-31-14-16-35;1-2/h1-12,17,31H,13-16,18H2,(H2,30,32);1-2H3. The van der Waals surface area contributed by atoms with Crippen molar-refractivity contribution in [2.45, 2.75) is 20.4 Å². The lowest BCUT2D eigenvalue weighted by Crippen LogP contribution is -2.42. The highest BCUT2D eigenvalue weighted by atomic mass is 35.5. The number of fused-ring (bicyclic) bond motifs is 1. The molecule has 1 aliphatic heterocycles. The van der Waals surface area contributed by atoms with Crippen molar-refractivity contribution in [2.75, 3.05) is 31.9 Å². The molecule has 0 radical (unpaired) electrons. The molecule has 0 unspecified atom stereocenters. The lowest BCUT2D eigenvalue weighted by molar-refractivity contribution is 0.233. The van der Waals surface area contributed by atoms with Crippen LogP contribution in [0.3, 0.4) is 0 Å². The molecule has 3 N–H and O–H groups in total. The Labute approximate surface area is 228 Å². The second kappa shape index (κ2) is 11.7. The number of aromatic nitrogens is 4. The molecule has 4 heterocycles. The maximum Gasteiger partial charge on any atom is 0.165 e. The van der Waals surface area contributed by atoms with Crippen LogP contribution in [0.5, 0.6) is 0 Å². The number of hydrogen-bond donors (Lipinski definition) is 2. The number of rotatable bonds is 5. The third-order valence-electron chi connectivity index (χ3n) is 6.51. The van der Waals surface area contributed by atoms with Crippen LogP contribution in [-0.4, -0.2) is 50.6 Å². The van der Waals surface area contributed by atoms with E-state index < -0.39 is 0 Å². The van der Waals surface area contributed by atoms with Crippen molar-refractivity contribution >= 4 is 28.6 Å². The van der Waals surface area contributed by atoms with Crippen molar-refractivity contribution in [3.05, 3.63) is 89.6 Å². The van der Waals surface area contributed by atoms with Crippen LogP contribution in [0.4, 0.5) is 5.82 Å². The number of nitrogens with zero attached hydrogens (tertiary/aromatic N) is 5. The smallest absolute Gasteiger partial charge is 0.165 e. The highest BCUT2D eigenvalue weighted by molar-refractivity contribution is 6.30. The predicted octanol–water partition coefficient (Wildman–Crippen LogP) is 5.82. The van der Waals surface area contributed by atoms with E-state index in [2.05, 4.69) is 44.0 Å². The first kappa shape index (κ1) is 25.9. The van der Waals surface area contributed by atoms with Gasteiger partial charge in [-0.2, -0.15) is 0 Å². The lowest BCUT2D eigenvalue weighted by Gasteiger charge is -2.27. The third kappa shape index (κ3) is 5.41. The number of piperazine rings is 1. The minimum absolute atomic E-state index is 0.430. The third-order valence-corrected chi connectivity index (χ3v) is 6.75. The number of benzene rings is 2. The van der Waals surface area contributed by atoms with Gasteiger partial charge in [0.05, 0.1) is 11.3 Å². The van der Waals surface area contributed by atoms with Gasteiger partial charge in [0, 0.05) is 55.2 Å². The Balaban J connectivity index is 0.00000144. The largest absolute Gasteiger partial charge is 0.383 e. The molecule has 1 aliphatic rings. The lowest BCUT2D eigenvalue weighted by atomic mass is 10.1. The first-order chi connectivity index (χ1) is 18.7. The van der Waals surface area contributed by atoms with E-state index in [0.29, 0.717) is 16.7 Å². The van der Waals surface area contributed by atoms with Crippen LogP contribution in [0.1, 0.15) is 19.4 Å². The van der Waals surface area contributed by atoms with Gasteiger partial charge in [0.2, 0.25) is 0 Å². The van der Waals surface area contributed by atoms with Crippen LogP contribution in [0.25, 0.3) is 39.5 Å². The summed E-state index contributed by atoms with van der Waals surface area (Å²) in [7, 11) is 0. The van der Waals surface area contributed by atoms with Crippen molar-refractivity contribution < 1.29 is 0 Å². The Kier molecular flexibility index (Phi) is 7.98. The Morgan fingerprint density at radius 1 is 0.921 bits per heavy atom. The molecule has 1 fully saturated rings. The average Bonchev–Trinajstić information content (AvgIpc) is 3.34. The van der Waals surface area contributed by atoms with E-state index in [0.717, 1.165) is 66.4 Å². The SMILES string of the molecule is CC.Nc1ncccc1-c1nc2ccc(-c3cccc(Cl)c3)nc2n1-c1ccc(CN2CCNCC2)cc1. The molecule has 38 heavy (non-hydrogen) atoms. The Hall–Kier alpha value is -3.78. The Morgan fingerprint density at radius 3 is 2.45 bits per heavy atom. The number of imidazole rings is 1. The van der Waals surface area contributed by atoms with Crippen LogP contribution in [0.2, 0.25) is 5.02 Å². The molecule has 0 saturated carbocycles. The molecule has 0 amide bonds. The second-order valence-corrected chi connectivity index (χ2v) is 9.39. The van der Waals surface area contributed by atoms with Gasteiger partial charge in [-0.05, 0) is 54.1 Å². The van der Waals surface area contributed by atoms with E-state index in [-0.39, 0.29) is 0 Å². The summed E-state index contributed by atoms with van der Waals surface area (Å²) in [6.07, 6.45) is 1.69. The van der Waals surface area contributed by atoms with Gasteiger partial charge in [0.25, 0.3) is 0 Å². The van der Waals surface area contributed by atoms with Crippen molar-refractivity contribution in [1.82, 2.24) is 29.7 Å². The molecule has 0 atom stereocenters. The number of anilines is 1. The van der Waals surface area contributed by atoms with Gasteiger partial charge in [-0.3, -0.25) is 9.47 Å². The molecule has 194 valence electrons. The normalized spacial score (nSPS) is 13.8. The summed E-state index contributed by atoms with van der Waals surface area (Å²) >= 11 is 6.25. The number of hydrogen-bond acceptors (Lipinski definition) is 6. The summed E-state index contributed by atoms with van der Waals surface area (Å²) in [6.45, 7) is 9.14. The summed E-state index contributed by atoms with van der Waals surface area (Å²) in [5.74, 6) is 1.14. The molecule has 8 heteroatoms. The monoisotopic (exact) mass is 525 g/mol. The van der Waals surface area contributed by atoms with E-state index in [4.69, 9.17) is 27.3 Å². The van der Waals surface area contributed by atoms with Gasteiger partial charge in [-0.25, -0.2) is 15.0 Å². The quantitative estimate of drug-likeness (QED) is 0.301. The molecular formula is C30H32ClN7. The number of nitrogen functional groups attached to an aromatic ring is 1. The van der Waals surface area contributed by atoms with Crippen LogP contribution in [-0.2, 0) is 6.54 Å². The molecule has 0 spiro atoms. The number of nitrogens with two attached hydrogens (primary N) is 1. The summed E-state index contributed by atoms with van der Waals surface area (Å²) < 4.78 is 2.06. The summed E-state index contributed by atoms with van der Waals surface area (Å²) in [5, 5.41) is 4.08. The van der Waals surface area contributed by atoms with Gasteiger partial charge in [0.1, 0.15) is 11.3 Å². The van der Waals surface area contributed by atoms with E-state index >= 15 is 0 Å². The summed E-state index contributed by atoms with van der Waals surface area (Å²) in [4.78, 5) is 16.7. The molecule has 6 rings (SSSR count). The van der Waals surface area contributed by atoms with E-state index in [1.165, 1.54) is 5.56 Å². The zero-order chi connectivity index (χ0) is 26.5. The van der Waals surface area contributed by atoms with Crippen molar-refractivity contribution in [2.24, 2.45) is 0 Å². The number of halogens is 1. The highest BCUT2D eigenvalue weighted by Gasteiger charge is 2.19. The summed E-state index contributed by atoms with van der Waals surface area (Å²) in [5.41, 5.74) is 12.6. The van der Waals surface area contributed by atoms with Gasteiger partial charge in [-0.1, -0.05) is 49.7 Å². The fourth-order valence-corrected chi connectivity index (χ4v) is 4.87. The number of pyridine rings is 2. The molecule has 7 nitrogen and oxygen atoms in total. The first-order valence-corrected chi connectivity index (χ1v) is 13.4. The van der Waals surface area contributed by atoms with Crippen molar-refractivity contribution in [3.63, 3.8) is 0 Å². The first-order valence-electron chi connectivity index (χ1n) is 13.0. The van der Waals surface area contributed by atoms with E-state index in [9.17, 15) is 0 Å². The topological polar surface area (TPSA) is 84.9 Å². The number of nitrogens with one attached hydrogen (secondary N) is 1. The van der Waals surface area contributed by atoms with Gasteiger partial charge < -0.3 is 11.1 Å². The van der Waals surface area contributed by atoms with E-state index in [1.54, 1.807) is 6.20 Å². The van der Waals surface area contributed by atoms with Crippen molar-refractivity contribution in [1.29, 1.82) is 0 Å². The molecule has 2 aromatic carbocycles. The minimum atomic E-state index is 0.430. The zero-order valence-corrected chi connectivity index (χ0v) is 22.5. The maximum absolute atomic E-state index is 6.28. The van der Waals surface area contributed by atoms with Crippen LogP contribution < -0.4 is 11.1 Å². The molecule has 1 saturated heterocycles. The van der Waals surface area contributed by atoms with Crippen LogP contribution >= 0.6 is 11.6 Å². The Bertz CT molecular complexity index is 1520. The van der Waals surface area contributed by atoms with Crippen molar-refractivity contribution in [3.8, 4) is 28.3 Å². The van der Waals surface area contributed by atoms with Crippen LogP contribution in [0, 0.1) is 0 Å². The fourth-order valence-electron chi connectivity index (χ4n) is 4.68. The zero-order valence-electron chi connectivity index (χ0n) is 21.7. The van der Waals surface area contributed by atoms with E-state index in [1.807, 2.05) is 62.4 Å². The minimum Gasteiger partial charge on any atom is -0.383 e. The molecule has 3 aromatic heterocycles. The highest BCUT2D eigenvalue weighted by Crippen LogP contribution is 2.32. The summed E-state index contributed by atoms with van der Waals surface area (Å²) in [6, 6.07) is 24.1. The average molecular weight is 526 g/mol. The molecular weight excluding hydrogens is 494 g/mol. The molecule has 0 bridgehead atoms. The van der Waals surface area contributed by atoms with Crippen LogP contribution in [0.15, 0.2) is 79.0 Å². The maximum atomic E-state index is 6.28. The van der Waals surface area contributed by atoms with Gasteiger partial charge >= 0.3 is 0 Å².